The van der Waals surface area contributed by atoms with Crippen LogP contribution < -0.4 is 5.32 Å². The summed E-state index contributed by atoms with van der Waals surface area (Å²) in [6.07, 6.45) is 0. The van der Waals surface area contributed by atoms with E-state index in [0.29, 0.717) is 0 Å². The van der Waals surface area contributed by atoms with Crippen molar-refractivity contribution in [2.75, 3.05) is 5.32 Å². The number of benzene rings is 1. The first-order valence-electron chi connectivity index (χ1n) is 4.16. The molecule has 0 saturated carbocycles. The highest BCUT2D eigenvalue weighted by atomic mass is 79.9. The fourth-order valence-corrected chi connectivity index (χ4v) is 1.22. The standard InChI is InChI=1S/C10H12BrNO/c1-7(2)10(13)12-9-6-4-3-5-8(9)11/h3-7H,1-2H3,(H,12,13). The van der Waals surface area contributed by atoms with E-state index < -0.39 is 0 Å². The molecule has 0 aliphatic heterocycles. The summed E-state index contributed by atoms with van der Waals surface area (Å²) in [5, 5.41) is 2.82. The topological polar surface area (TPSA) is 29.1 Å². The molecule has 1 aromatic carbocycles. The third-order valence-corrected chi connectivity index (χ3v) is 2.35. The zero-order valence-corrected chi connectivity index (χ0v) is 9.26. The maximum atomic E-state index is 11.3. The Hall–Kier alpha value is -0.830. The number of anilines is 1. The Bertz CT molecular complexity index is 310. The van der Waals surface area contributed by atoms with Crippen LogP contribution in [0.25, 0.3) is 0 Å². The third kappa shape index (κ3) is 2.84. The van der Waals surface area contributed by atoms with Gasteiger partial charge in [-0.2, -0.15) is 0 Å². The monoisotopic (exact) mass is 241 g/mol. The van der Waals surface area contributed by atoms with E-state index in [1.807, 2.05) is 38.1 Å². The van der Waals surface area contributed by atoms with Crippen molar-refractivity contribution in [2.24, 2.45) is 5.92 Å². The van der Waals surface area contributed by atoms with Crippen molar-refractivity contribution in [1.29, 1.82) is 0 Å². The van der Waals surface area contributed by atoms with E-state index in [1.165, 1.54) is 0 Å². The van der Waals surface area contributed by atoms with Crippen LogP contribution in [-0.4, -0.2) is 5.91 Å². The number of amides is 1. The van der Waals surface area contributed by atoms with Crippen molar-refractivity contribution in [3.63, 3.8) is 0 Å². The van der Waals surface area contributed by atoms with Crippen LogP contribution in [0.5, 0.6) is 0 Å². The molecule has 1 N–H and O–H groups in total. The lowest BCUT2D eigenvalue weighted by Gasteiger charge is -2.08. The first kappa shape index (κ1) is 10.3. The van der Waals surface area contributed by atoms with Crippen molar-refractivity contribution in [2.45, 2.75) is 13.8 Å². The van der Waals surface area contributed by atoms with Gasteiger partial charge in [0.15, 0.2) is 0 Å². The van der Waals surface area contributed by atoms with Gasteiger partial charge in [-0.15, -0.1) is 0 Å². The molecule has 2 nitrogen and oxygen atoms in total. The van der Waals surface area contributed by atoms with Crippen LogP contribution in [-0.2, 0) is 4.79 Å². The predicted molar refractivity (Wildman–Crippen MR) is 57.6 cm³/mol. The summed E-state index contributed by atoms with van der Waals surface area (Å²) < 4.78 is 0.906. The van der Waals surface area contributed by atoms with Gasteiger partial charge in [-0.1, -0.05) is 26.0 Å². The highest BCUT2D eigenvalue weighted by Crippen LogP contribution is 2.21. The molecule has 3 heteroatoms. The number of para-hydroxylation sites is 1. The van der Waals surface area contributed by atoms with Gasteiger partial charge in [0.2, 0.25) is 5.91 Å². The number of hydrogen-bond acceptors (Lipinski definition) is 1. The Morgan fingerprint density at radius 3 is 2.54 bits per heavy atom. The minimum absolute atomic E-state index is 0.00658. The highest BCUT2D eigenvalue weighted by molar-refractivity contribution is 9.10. The Morgan fingerprint density at radius 1 is 1.38 bits per heavy atom. The lowest BCUT2D eigenvalue weighted by atomic mass is 10.2. The van der Waals surface area contributed by atoms with Crippen LogP contribution in [0.15, 0.2) is 28.7 Å². The molecule has 1 aromatic rings. The maximum absolute atomic E-state index is 11.3. The van der Waals surface area contributed by atoms with Gasteiger partial charge in [0.25, 0.3) is 0 Å². The Labute approximate surface area is 86.5 Å². The van der Waals surface area contributed by atoms with Crippen LogP contribution in [0.2, 0.25) is 0 Å². The highest BCUT2D eigenvalue weighted by Gasteiger charge is 2.07. The molecule has 0 fully saturated rings. The van der Waals surface area contributed by atoms with Crippen molar-refractivity contribution in [3.05, 3.63) is 28.7 Å². The second-order valence-electron chi connectivity index (χ2n) is 3.12. The van der Waals surface area contributed by atoms with E-state index in [4.69, 9.17) is 0 Å². The summed E-state index contributed by atoms with van der Waals surface area (Å²) in [5.74, 6) is 0.0407. The molecule has 1 amide bonds. The van der Waals surface area contributed by atoms with Crippen molar-refractivity contribution < 1.29 is 4.79 Å². The number of carbonyl (C=O) groups excluding carboxylic acids is 1. The van der Waals surface area contributed by atoms with Gasteiger partial charge in [-0.3, -0.25) is 4.79 Å². The molecule has 0 bridgehead atoms. The van der Waals surface area contributed by atoms with Crippen LogP contribution in [0, 0.1) is 5.92 Å². The lowest BCUT2D eigenvalue weighted by molar-refractivity contribution is -0.118. The van der Waals surface area contributed by atoms with Crippen molar-refractivity contribution in [3.8, 4) is 0 Å². The summed E-state index contributed by atoms with van der Waals surface area (Å²) in [7, 11) is 0. The molecule has 0 aromatic heterocycles. The average Bonchev–Trinajstić information content (AvgIpc) is 2.08. The minimum Gasteiger partial charge on any atom is -0.325 e. The molecule has 0 aliphatic rings. The van der Waals surface area contributed by atoms with Crippen molar-refractivity contribution >= 4 is 27.5 Å². The van der Waals surface area contributed by atoms with Gasteiger partial charge in [-0.25, -0.2) is 0 Å². The van der Waals surface area contributed by atoms with Crippen LogP contribution in [0.1, 0.15) is 13.8 Å². The number of carbonyl (C=O) groups is 1. The van der Waals surface area contributed by atoms with Gasteiger partial charge >= 0.3 is 0 Å². The molecular formula is C10H12BrNO. The van der Waals surface area contributed by atoms with E-state index >= 15 is 0 Å². The van der Waals surface area contributed by atoms with E-state index in [2.05, 4.69) is 21.2 Å². The summed E-state index contributed by atoms with van der Waals surface area (Å²) in [4.78, 5) is 11.3. The lowest BCUT2D eigenvalue weighted by Crippen LogP contribution is -2.17. The number of halogens is 1. The quantitative estimate of drug-likeness (QED) is 0.848. The Morgan fingerprint density at radius 2 is 2.00 bits per heavy atom. The zero-order valence-electron chi connectivity index (χ0n) is 7.67. The van der Waals surface area contributed by atoms with Gasteiger partial charge in [0.05, 0.1) is 5.69 Å². The molecule has 1 rings (SSSR count). The first-order chi connectivity index (χ1) is 6.11. The largest absolute Gasteiger partial charge is 0.325 e. The van der Waals surface area contributed by atoms with Gasteiger partial charge in [0, 0.05) is 10.4 Å². The summed E-state index contributed by atoms with van der Waals surface area (Å²) in [6.45, 7) is 3.73. The SMILES string of the molecule is CC(C)C(=O)Nc1ccccc1Br. The van der Waals surface area contributed by atoms with E-state index in [1.54, 1.807) is 0 Å². The minimum atomic E-state index is 0.00658. The second-order valence-corrected chi connectivity index (χ2v) is 3.98. The van der Waals surface area contributed by atoms with E-state index in [-0.39, 0.29) is 11.8 Å². The van der Waals surface area contributed by atoms with Gasteiger partial charge < -0.3 is 5.32 Å². The van der Waals surface area contributed by atoms with Gasteiger partial charge in [0.1, 0.15) is 0 Å². The van der Waals surface area contributed by atoms with E-state index in [0.717, 1.165) is 10.2 Å². The fourth-order valence-electron chi connectivity index (χ4n) is 0.840. The van der Waals surface area contributed by atoms with Crippen molar-refractivity contribution in [1.82, 2.24) is 0 Å². The van der Waals surface area contributed by atoms with E-state index in [9.17, 15) is 4.79 Å². The second kappa shape index (κ2) is 4.42. The number of nitrogens with one attached hydrogen (secondary N) is 1. The molecule has 0 heterocycles. The summed E-state index contributed by atoms with van der Waals surface area (Å²) in [6, 6.07) is 7.57. The third-order valence-electron chi connectivity index (χ3n) is 1.66. The zero-order chi connectivity index (χ0) is 9.84. The number of hydrogen-bond donors (Lipinski definition) is 1. The Kier molecular flexibility index (Phi) is 3.48. The smallest absolute Gasteiger partial charge is 0.226 e. The fraction of sp³-hybridized carbons (Fsp3) is 0.300. The van der Waals surface area contributed by atoms with Crippen LogP contribution in [0.4, 0.5) is 5.69 Å². The van der Waals surface area contributed by atoms with Gasteiger partial charge in [-0.05, 0) is 28.1 Å². The molecule has 0 saturated heterocycles. The summed E-state index contributed by atoms with van der Waals surface area (Å²) >= 11 is 3.36. The molecule has 13 heavy (non-hydrogen) atoms. The molecular weight excluding hydrogens is 230 g/mol. The maximum Gasteiger partial charge on any atom is 0.226 e. The average molecular weight is 242 g/mol. The molecule has 70 valence electrons. The van der Waals surface area contributed by atoms with Crippen LogP contribution in [0.3, 0.4) is 0 Å². The Balaban J connectivity index is 2.75. The normalized spacial score (nSPS) is 10.2. The summed E-state index contributed by atoms with van der Waals surface area (Å²) in [5.41, 5.74) is 0.821. The van der Waals surface area contributed by atoms with Crippen LogP contribution >= 0.6 is 15.9 Å². The molecule has 0 radical (unpaired) electrons. The molecule has 0 aliphatic carbocycles. The molecule has 0 unspecified atom stereocenters. The number of rotatable bonds is 2. The molecule has 0 atom stereocenters. The predicted octanol–water partition coefficient (Wildman–Crippen LogP) is 3.04. The molecule has 0 spiro atoms. The first-order valence-corrected chi connectivity index (χ1v) is 4.96.